The maximum Gasteiger partial charge on any atom is 0.299 e. The number of nitrogen functional groups attached to an aromatic ring is 1. The predicted molar refractivity (Wildman–Crippen MR) is 67.0 cm³/mol. The average molecular weight is 261 g/mol. The molecule has 0 amide bonds. The molecule has 2 N–H and O–H groups in total. The first-order chi connectivity index (χ1) is 9.15. The van der Waals surface area contributed by atoms with Crippen molar-refractivity contribution in [2.75, 3.05) is 5.73 Å². The molecule has 0 saturated heterocycles. The molecule has 1 aromatic heterocycles. The van der Waals surface area contributed by atoms with E-state index >= 15 is 0 Å². The van der Waals surface area contributed by atoms with Gasteiger partial charge in [0.15, 0.2) is 11.6 Å². The van der Waals surface area contributed by atoms with Crippen LogP contribution in [0, 0.1) is 10.1 Å². The summed E-state index contributed by atoms with van der Waals surface area (Å²) >= 11 is 0. The van der Waals surface area contributed by atoms with Crippen LogP contribution >= 0.6 is 0 Å². The number of benzene rings is 1. The number of ether oxygens (including phenoxy) is 1. The summed E-state index contributed by atoms with van der Waals surface area (Å²) in [4.78, 5) is 18.3. The van der Waals surface area contributed by atoms with Gasteiger partial charge in [-0.1, -0.05) is 30.3 Å². The quantitative estimate of drug-likeness (QED) is 0.650. The second-order valence-corrected chi connectivity index (χ2v) is 3.64. The summed E-state index contributed by atoms with van der Waals surface area (Å²) < 4.78 is 5.45. The smallest absolute Gasteiger partial charge is 0.299 e. The third-order valence-electron chi connectivity index (χ3n) is 2.28. The number of hydrogen-bond acceptors (Lipinski definition) is 6. The van der Waals surface area contributed by atoms with Crippen LogP contribution in [0.15, 0.2) is 42.6 Å². The molecule has 0 spiro atoms. The fraction of sp³-hybridized carbons (Fsp3) is 0.0833. The van der Waals surface area contributed by atoms with Crippen molar-refractivity contribution in [2.45, 2.75) is 6.61 Å². The van der Waals surface area contributed by atoms with Gasteiger partial charge in [0.25, 0.3) is 5.09 Å². The van der Waals surface area contributed by atoms with Gasteiger partial charge in [-0.25, -0.2) is 4.98 Å². The molecule has 0 atom stereocenters. The minimum absolute atomic E-state index is 0.0660. The van der Waals surface area contributed by atoms with Gasteiger partial charge in [0.2, 0.25) is 0 Å². The normalized spacial score (nSPS) is 9.89. The van der Waals surface area contributed by atoms with Crippen molar-refractivity contribution in [3.05, 3.63) is 58.3 Å². The Morgan fingerprint density at radius 1 is 1.32 bits per heavy atom. The Bertz CT molecular complexity index is 574. The molecule has 1 aromatic carbocycles. The van der Waals surface area contributed by atoms with Crippen LogP contribution in [0.3, 0.4) is 0 Å². The zero-order chi connectivity index (χ0) is 13.7. The molecule has 0 aliphatic rings. The molecular formula is C12H11N3O4. The van der Waals surface area contributed by atoms with Crippen LogP contribution in [0.2, 0.25) is 0 Å². The summed E-state index contributed by atoms with van der Waals surface area (Å²) in [6, 6.07) is 10.8. The van der Waals surface area contributed by atoms with Crippen molar-refractivity contribution in [2.24, 2.45) is 0 Å². The van der Waals surface area contributed by atoms with E-state index in [1.807, 2.05) is 30.3 Å². The highest BCUT2D eigenvalue weighted by Gasteiger charge is 2.08. The molecule has 0 aliphatic carbocycles. The number of rotatable bonds is 5. The largest absolute Gasteiger partial charge is 0.487 e. The summed E-state index contributed by atoms with van der Waals surface area (Å²) in [6.07, 6.45) is 1.38. The summed E-state index contributed by atoms with van der Waals surface area (Å²) in [5.74, 6) is 0.134. The van der Waals surface area contributed by atoms with Crippen molar-refractivity contribution in [3.63, 3.8) is 0 Å². The van der Waals surface area contributed by atoms with E-state index in [1.54, 1.807) is 0 Å². The van der Waals surface area contributed by atoms with Crippen LogP contribution in [0.5, 0.6) is 11.5 Å². The monoisotopic (exact) mass is 261 g/mol. The van der Waals surface area contributed by atoms with Crippen LogP contribution in [0.4, 0.5) is 5.82 Å². The summed E-state index contributed by atoms with van der Waals surface area (Å²) in [6.45, 7) is 0.324. The summed E-state index contributed by atoms with van der Waals surface area (Å²) in [5, 5.41) is 9.32. The Hall–Kier alpha value is -2.83. The molecule has 0 bridgehead atoms. The Morgan fingerprint density at radius 3 is 2.74 bits per heavy atom. The second kappa shape index (κ2) is 5.67. The van der Waals surface area contributed by atoms with E-state index in [2.05, 4.69) is 9.82 Å². The maximum absolute atomic E-state index is 10.3. The number of pyridine rings is 1. The molecule has 2 rings (SSSR count). The first-order valence-electron chi connectivity index (χ1n) is 5.40. The standard InChI is InChI=1S/C12H11N3O4/c13-12-11(19-15(16)17)6-10(7-14-12)18-8-9-4-2-1-3-5-9/h1-7H,8H2,(H2,13,14). The number of anilines is 1. The Kier molecular flexibility index (Phi) is 3.77. The minimum Gasteiger partial charge on any atom is -0.487 e. The van der Waals surface area contributed by atoms with Crippen LogP contribution in [-0.4, -0.2) is 10.1 Å². The van der Waals surface area contributed by atoms with Crippen LogP contribution in [0.1, 0.15) is 5.56 Å². The fourth-order valence-electron chi connectivity index (χ4n) is 1.41. The average Bonchev–Trinajstić information content (AvgIpc) is 2.40. The predicted octanol–water partition coefficient (Wildman–Crippen LogP) is 1.81. The van der Waals surface area contributed by atoms with E-state index in [1.165, 1.54) is 12.3 Å². The molecular weight excluding hydrogens is 250 g/mol. The van der Waals surface area contributed by atoms with Gasteiger partial charge in [0.1, 0.15) is 12.4 Å². The molecule has 7 nitrogen and oxygen atoms in total. The molecule has 0 radical (unpaired) electrons. The molecule has 98 valence electrons. The number of aromatic nitrogens is 1. The lowest BCUT2D eigenvalue weighted by Crippen LogP contribution is -2.07. The summed E-state index contributed by atoms with van der Waals surface area (Å²) in [5.41, 5.74) is 6.42. The van der Waals surface area contributed by atoms with Crippen molar-refractivity contribution in [1.82, 2.24) is 4.98 Å². The maximum atomic E-state index is 10.3. The topological polar surface area (TPSA) is 101 Å². The van der Waals surface area contributed by atoms with Crippen molar-refractivity contribution in [1.29, 1.82) is 0 Å². The first kappa shape index (κ1) is 12.6. The van der Waals surface area contributed by atoms with Gasteiger partial charge >= 0.3 is 0 Å². The van der Waals surface area contributed by atoms with Gasteiger partial charge in [-0.15, -0.1) is 10.1 Å². The Morgan fingerprint density at radius 2 is 2.05 bits per heavy atom. The fourth-order valence-corrected chi connectivity index (χ4v) is 1.41. The Balaban J connectivity index is 2.06. The van der Waals surface area contributed by atoms with Crippen LogP contribution in [-0.2, 0) is 6.61 Å². The van der Waals surface area contributed by atoms with Gasteiger partial charge < -0.3 is 10.5 Å². The van der Waals surface area contributed by atoms with Gasteiger partial charge in [-0.05, 0) is 5.56 Å². The zero-order valence-electron chi connectivity index (χ0n) is 9.85. The molecule has 1 heterocycles. The van der Waals surface area contributed by atoms with E-state index in [0.29, 0.717) is 12.4 Å². The molecule has 2 aromatic rings. The summed E-state index contributed by atoms with van der Waals surface area (Å²) in [7, 11) is 0. The highest BCUT2D eigenvalue weighted by atomic mass is 17.0. The van der Waals surface area contributed by atoms with Crippen LogP contribution < -0.4 is 15.3 Å². The van der Waals surface area contributed by atoms with E-state index in [-0.39, 0.29) is 11.6 Å². The molecule has 0 aliphatic heterocycles. The number of hydrogen-bond donors (Lipinski definition) is 1. The SMILES string of the molecule is Nc1ncc(OCc2ccccc2)cc1O[N+](=O)[O-]. The second-order valence-electron chi connectivity index (χ2n) is 3.64. The third kappa shape index (κ3) is 3.56. The lowest BCUT2D eigenvalue weighted by atomic mass is 10.2. The zero-order valence-corrected chi connectivity index (χ0v) is 9.85. The lowest BCUT2D eigenvalue weighted by Gasteiger charge is -2.08. The molecule has 0 fully saturated rings. The van der Waals surface area contributed by atoms with Gasteiger partial charge in [0, 0.05) is 6.07 Å². The lowest BCUT2D eigenvalue weighted by molar-refractivity contribution is -0.710. The van der Waals surface area contributed by atoms with Crippen molar-refractivity contribution in [3.8, 4) is 11.5 Å². The van der Waals surface area contributed by atoms with Gasteiger partial charge in [-0.3, -0.25) is 4.84 Å². The van der Waals surface area contributed by atoms with E-state index in [9.17, 15) is 10.1 Å². The number of nitrogens with two attached hydrogens (primary N) is 1. The molecule has 7 heteroatoms. The Labute approximate surface area is 108 Å². The van der Waals surface area contributed by atoms with Crippen LogP contribution in [0.25, 0.3) is 0 Å². The molecule has 0 saturated carbocycles. The van der Waals surface area contributed by atoms with Crippen molar-refractivity contribution >= 4 is 5.82 Å². The van der Waals surface area contributed by atoms with Gasteiger partial charge in [0.05, 0.1) is 6.20 Å². The third-order valence-corrected chi connectivity index (χ3v) is 2.28. The minimum atomic E-state index is -0.950. The highest BCUT2D eigenvalue weighted by molar-refractivity contribution is 5.48. The van der Waals surface area contributed by atoms with E-state index < -0.39 is 5.09 Å². The highest BCUT2D eigenvalue weighted by Crippen LogP contribution is 2.24. The molecule has 19 heavy (non-hydrogen) atoms. The van der Waals surface area contributed by atoms with Crippen molar-refractivity contribution < 1.29 is 14.7 Å². The van der Waals surface area contributed by atoms with E-state index in [4.69, 9.17) is 10.5 Å². The number of nitrogens with zero attached hydrogens (tertiary/aromatic N) is 2. The van der Waals surface area contributed by atoms with E-state index in [0.717, 1.165) is 5.56 Å². The van der Waals surface area contributed by atoms with Gasteiger partial charge in [-0.2, -0.15) is 0 Å². The molecule has 0 unspecified atom stereocenters. The first-order valence-corrected chi connectivity index (χ1v) is 5.40.